The van der Waals surface area contributed by atoms with Crippen molar-refractivity contribution in [2.24, 2.45) is 5.41 Å². The maximum atomic E-state index is 13.8. The topological polar surface area (TPSA) is 26.3 Å². The van der Waals surface area contributed by atoms with Crippen LogP contribution in [0.25, 0.3) is 0 Å². The molecule has 1 fully saturated rings. The molecule has 0 aromatic carbocycles. The number of rotatable bonds is 3. The molecular weight excluding hydrogens is 222 g/mol. The summed E-state index contributed by atoms with van der Waals surface area (Å²) in [5.41, 5.74) is -1.58. The van der Waals surface area contributed by atoms with Gasteiger partial charge in [0.2, 0.25) is 0 Å². The predicted molar refractivity (Wildman–Crippen MR) is 56.2 cm³/mol. The molecule has 88 valence electrons. The van der Waals surface area contributed by atoms with E-state index in [2.05, 4.69) is 4.74 Å². The number of hydrogen-bond acceptors (Lipinski definition) is 3. The first-order valence-corrected chi connectivity index (χ1v) is 6.19. The van der Waals surface area contributed by atoms with Crippen molar-refractivity contribution < 1.29 is 18.3 Å². The summed E-state index contributed by atoms with van der Waals surface area (Å²) in [5, 5.41) is 0. The monoisotopic (exact) mass is 238 g/mol. The van der Waals surface area contributed by atoms with E-state index in [-0.39, 0.29) is 18.6 Å². The molecule has 2 nitrogen and oxygen atoms in total. The maximum Gasteiger partial charge on any atom is 0.318 e. The molecule has 15 heavy (non-hydrogen) atoms. The Morgan fingerprint density at radius 2 is 2.20 bits per heavy atom. The van der Waals surface area contributed by atoms with E-state index in [1.165, 1.54) is 18.9 Å². The fourth-order valence-electron chi connectivity index (χ4n) is 2.05. The summed E-state index contributed by atoms with van der Waals surface area (Å²) in [6.07, 6.45) is 0.980. The van der Waals surface area contributed by atoms with Gasteiger partial charge < -0.3 is 4.74 Å². The van der Waals surface area contributed by atoms with Crippen molar-refractivity contribution in [3.8, 4) is 0 Å². The van der Waals surface area contributed by atoms with Crippen molar-refractivity contribution in [1.29, 1.82) is 0 Å². The van der Waals surface area contributed by atoms with Crippen LogP contribution < -0.4 is 0 Å². The van der Waals surface area contributed by atoms with E-state index in [0.717, 1.165) is 0 Å². The maximum absolute atomic E-state index is 13.8. The van der Waals surface area contributed by atoms with Crippen LogP contribution >= 0.6 is 11.8 Å². The Morgan fingerprint density at radius 3 is 2.67 bits per heavy atom. The van der Waals surface area contributed by atoms with Gasteiger partial charge in [-0.1, -0.05) is 13.3 Å². The Morgan fingerprint density at radius 1 is 1.53 bits per heavy atom. The quantitative estimate of drug-likeness (QED) is 0.707. The number of alkyl halides is 2. The van der Waals surface area contributed by atoms with Crippen molar-refractivity contribution in [3.05, 3.63) is 0 Å². The average molecular weight is 238 g/mol. The van der Waals surface area contributed by atoms with Gasteiger partial charge in [-0.3, -0.25) is 4.79 Å². The lowest BCUT2D eigenvalue weighted by atomic mass is 9.75. The van der Waals surface area contributed by atoms with Crippen LogP contribution in [0, 0.1) is 5.41 Å². The molecule has 0 amide bonds. The number of halogens is 2. The summed E-state index contributed by atoms with van der Waals surface area (Å²) in [6.45, 7) is 1.81. The molecule has 1 rings (SSSR count). The van der Waals surface area contributed by atoms with E-state index in [1.54, 1.807) is 0 Å². The standard InChI is InChI=1S/C10H16F2O2S/c1-3-4-9(8(13)14-2)5-6-15-7-10(9,11)12/h3-7H2,1-2H3. The van der Waals surface area contributed by atoms with Gasteiger partial charge in [0.1, 0.15) is 5.41 Å². The summed E-state index contributed by atoms with van der Waals surface area (Å²) in [6, 6.07) is 0. The fourth-order valence-corrected chi connectivity index (χ4v) is 3.22. The van der Waals surface area contributed by atoms with Crippen LogP contribution in [0.5, 0.6) is 0 Å². The number of thioether (sulfide) groups is 1. The summed E-state index contributed by atoms with van der Waals surface area (Å²) in [7, 11) is 1.18. The molecule has 0 aromatic heterocycles. The first-order valence-electron chi connectivity index (χ1n) is 5.04. The molecular formula is C10H16F2O2S. The molecule has 1 atom stereocenters. The lowest BCUT2D eigenvalue weighted by molar-refractivity contribution is -0.181. The number of carbonyl (C=O) groups excluding carboxylic acids is 1. The minimum atomic E-state index is -2.95. The zero-order valence-corrected chi connectivity index (χ0v) is 9.83. The average Bonchev–Trinajstić information content (AvgIpc) is 2.20. The summed E-state index contributed by atoms with van der Waals surface area (Å²) < 4.78 is 32.2. The van der Waals surface area contributed by atoms with Crippen molar-refractivity contribution in [1.82, 2.24) is 0 Å². The molecule has 0 saturated carbocycles. The van der Waals surface area contributed by atoms with Crippen molar-refractivity contribution in [3.63, 3.8) is 0 Å². The molecule has 0 N–H and O–H groups in total. The van der Waals surface area contributed by atoms with Gasteiger partial charge in [0.05, 0.1) is 12.9 Å². The lowest BCUT2D eigenvalue weighted by Gasteiger charge is -2.40. The molecule has 1 saturated heterocycles. The third-order valence-electron chi connectivity index (χ3n) is 2.91. The van der Waals surface area contributed by atoms with Crippen molar-refractivity contribution >= 4 is 17.7 Å². The number of carbonyl (C=O) groups is 1. The van der Waals surface area contributed by atoms with Gasteiger partial charge in [0, 0.05) is 0 Å². The first-order chi connectivity index (χ1) is 7.00. The second kappa shape index (κ2) is 4.68. The first kappa shape index (κ1) is 12.7. The van der Waals surface area contributed by atoms with E-state index in [0.29, 0.717) is 12.2 Å². The van der Waals surface area contributed by atoms with E-state index in [4.69, 9.17) is 0 Å². The minimum Gasteiger partial charge on any atom is -0.468 e. The van der Waals surface area contributed by atoms with E-state index >= 15 is 0 Å². The molecule has 0 aromatic rings. The van der Waals surface area contributed by atoms with E-state index in [1.807, 2.05) is 6.92 Å². The molecule has 0 radical (unpaired) electrons. The number of ether oxygens (including phenoxy) is 1. The molecule has 1 unspecified atom stereocenters. The van der Waals surface area contributed by atoms with Gasteiger partial charge >= 0.3 is 5.97 Å². The molecule has 1 aliphatic rings. The molecule has 5 heteroatoms. The van der Waals surface area contributed by atoms with Crippen LogP contribution in [0.2, 0.25) is 0 Å². The summed E-state index contributed by atoms with van der Waals surface area (Å²) in [4.78, 5) is 11.6. The second-order valence-corrected chi connectivity index (χ2v) is 4.94. The van der Waals surface area contributed by atoms with E-state index in [9.17, 15) is 13.6 Å². The Labute approximate surface area is 92.7 Å². The van der Waals surface area contributed by atoms with Gasteiger partial charge in [-0.15, -0.1) is 0 Å². The Kier molecular flexibility index (Phi) is 3.98. The highest BCUT2D eigenvalue weighted by atomic mass is 32.2. The van der Waals surface area contributed by atoms with Crippen LogP contribution in [-0.4, -0.2) is 30.5 Å². The van der Waals surface area contributed by atoms with Gasteiger partial charge in [-0.25, -0.2) is 8.78 Å². The van der Waals surface area contributed by atoms with Crippen LogP contribution in [0.15, 0.2) is 0 Å². The van der Waals surface area contributed by atoms with Crippen LogP contribution in [0.1, 0.15) is 26.2 Å². The van der Waals surface area contributed by atoms with Crippen molar-refractivity contribution in [2.75, 3.05) is 18.6 Å². The molecule has 0 aliphatic carbocycles. The number of esters is 1. The Bertz CT molecular complexity index is 242. The van der Waals surface area contributed by atoms with Crippen LogP contribution in [0.4, 0.5) is 8.78 Å². The van der Waals surface area contributed by atoms with Crippen LogP contribution in [-0.2, 0) is 9.53 Å². The Hall–Kier alpha value is -0.320. The van der Waals surface area contributed by atoms with E-state index < -0.39 is 17.3 Å². The molecule has 1 aliphatic heterocycles. The molecule has 1 heterocycles. The fraction of sp³-hybridized carbons (Fsp3) is 0.900. The van der Waals surface area contributed by atoms with Gasteiger partial charge in [0.25, 0.3) is 5.92 Å². The Balaban J connectivity index is 3.00. The van der Waals surface area contributed by atoms with Gasteiger partial charge in [0.15, 0.2) is 0 Å². The highest BCUT2D eigenvalue weighted by Crippen LogP contribution is 2.50. The van der Waals surface area contributed by atoms with Gasteiger partial charge in [-0.05, 0) is 18.6 Å². The number of methoxy groups -OCH3 is 1. The van der Waals surface area contributed by atoms with Crippen LogP contribution in [0.3, 0.4) is 0 Å². The zero-order valence-electron chi connectivity index (χ0n) is 9.02. The highest BCUT2D eigenvalue weighted by molar-refractivity contribution is 7.99. The number of hydrogen-bond donors (Lipinski definition) is 0. The normalized spacial score (nSPS) is 29.9. The molecule has 0 spiro atoms. The minimum absolute atomic E-state index is 0.202. The predicted octanol–water partition coefficient (Wildman–Crippen LogP) is 2.72. The van der Waals surface area contributed by atoms with Gasteiger partial charge in [-0.2, -0.15) is 11.8 Å². The smallest absolute Gasteiger partial charge is 0.318 e. The zero-order chi connectivity index (χ0) is 11.5. The summed E-state index contributed by atoms with van der Waals surface area (Å²) in [5.74, 6) is -3.37. The third-order valence-corrected chi connectivity index (χ3v) is 3.97. The third kappa shape index (κ3) is 2.12. The summed E-state index contributed by atoms with van der Waals surface area (Å²) >= 11 is 1.20. The largest absolute Gasteiger partial charge is 0.468 e. The lowest BCUT2D eigenvalue weighted by Crippen LogP contribution is -2.52. The van der Waals surface area contributed by atoms with Crippen molar-refractivity contribution in [2.45, 2.75) is 32.1 Å². The molecule has 0 bridgehead atoms. The highest BCUT2D eigenvalue weighted by Gasteiger charge is 2.60. The second-order valence-electron chi connectivity index (χ2n) is 3.83. The SMILES string of the molecule is CCCC1(C(=O)OC)CCSCC1(F)F.